The highest BCUT2D eigenvalue weighted by Crippen LogP contribution is 2.23. The molecule has 0 radical (unpaired) electrons. The van der Waals surface area contributed by atoms with Crippen LogP contribution in [0.4, 0.5) is 5.13 Å². The van der Waals surface area contributed by atoms with Crippen LogP contribution in [0.3, 0.4) is 0 Å². The fraction of sp³-hybridized carbons (Fsp3) is 0.267. The number of carbonyl (C=O) groups excluding carboxylic acids is 1. The van der Waals surface area contributed by atoms with Gasteiger partial charge in [-0.05, 0) is 19.4 Å². The highest BCUT2D eigenvalue weighted by atomic mass is 32.1. The molecule has 0 aliphatic carbocycles. The van der Waals surface area contributed by atoms with Gasteiger partial charge in [0.2, 0.25) is 6.10 Å². The average Bonchev–Trinajstić information content (AvgIpc) is 3.08. The van der Waals surface area contributed by atoms with Gasteiger partial charge in [-0.2, -0.15) is 0 Å². The largest absolute Gasteiger partial charge is 0.382 e. The van der Waals surface area contributed by atoms with Crippen LogP contribution in [0.2, 0.25) is 0 Å². The number of nitrogens with zero attached hydrogens (tertiary/aromatic N) is 2. The summed E-state index contributed by atoms with van der Waals surface area (Å²) in [5.74, 6) is -0.210. The molecule has 1 aromatic heterocycles. The normalized spacial score (nSPS) is 17.2. The number of rotatable bonds is 3. The standard InChI is InChI=1S/C15H15N3O2S/c1-9-10(2)21-15(16-9)17-14(19)13-8-12(18-20-13)11-6-4-3-5-7-11/h3-7,13H,8H2,1-2H3,(H,16,17,19)/t13-/m0/s1. The topological polar surface area (TPSA) is 63.6 Å². The number of hydrogen-bond donors (Lipinski definition) is 1. The van der Waals surface area contributed by atoms with Gasteiger partial charge < -0.3 is 4.84 Å². The lowest BCUT2D eigenvalue weighted by molar-refractivity contribution is -0.125. The summed E-state index contributed by atoms with van der Waals surface area (Å²) in [4.78, 5) is 22.8. The molecule has 0 bridgehead atoms. The van der Waals surface area contributed by atoms with Crippen LogP contribution in [0.15, 0.2) is 35.5 Å². The monoisotopic (exact) mass is 301 g/mol. The molecular weight excluding hydrogens is 286 g/mol. The molecule has 1 atom stereocenters. The Morgan fingerprint density at radius 2 is 2.10 bits per heavy atom. The maximum absolute atomic E-state index is 12.2. The second-order valence-electron chi connectivity index (χ2n) is 4.85. The van der Waals surface area contributed by atoms with Crippen LogP contribution in [0, 0.1) is 13.8 Å². The highest BCUT2D eigenvalue weighted by Gasteiger charge is 2.29. The number of oxime groups is 1. The number of carbonyl (C=O) groups is 1. The number of amides is 1. The third kappa shape index (κ3) is 2.95. The van der Waals surface area contributed by atoms with Crippen molar-refractivity contribution in [1.29, 1.82) is 0 Å². The Hall–Kier alpha value is -2.21. The van der Waals surface area contributed by atoms with Gasteiger partial charge in [-0.15, -0.1) is 11.3 Å². The van der Waals surface area contributed by atoms with Gasteiger partial charge in [0.05, 0.1) is 11.4 Å². The lowest BCUT2D eigenvalue weighted by Gasteiger charge is -2.06. The molecule has 1 N–H and O–H groups in total. The Labute approximate surface area is 126 Å². The molecule has 1 amide bonds. The third-order valence-corrected chi connectivity index (χ3v) is 4.32. The van der Waals surface area contributed by atoms with E-state index in [4.69, 9.17) is 4.84 Å². The fourth-order valence-corrected chi connectivity index (χ4v) is 2.85. The number of thiazole rings is 1. The zero-order valence-electron chi connectivity index (χ0n) is 11.8. The number of benzene rings is 1. The average molecular weight is 301 g/mol. The summed E-state index contributed by atoms with van der Waals surface area (Å²) in [6.45, 7) is 3.90. The molecule has 3 rings (SSSR count). The van der Waals surface area contributed by atoms with Gasteiger partial charge in [0, 0.05) is 11.3 Å². The number of anilines is 1. The maximum Gasteiger partial charge on any atom is 0.270 e. The van der Waals surface area contributed by atoms with Crippen molar-refractivity contribution in [2.45, 2.75) is 26.4 Å². The molecule has 0 saturated carbocycles. The Balaban J connectivity index is 1.63. The zero-order chi connectivity index (χ0) is 14.8. The van der Waals surface area contributed by atoms with Crippen molar-refractivity contribution in [1.82, 2.24) is 4.98 Å². The van der Waals surface area contributed by atoms with Crippen LogP contribution < -0.4 is 5.32 Å². The Morgan fingerprint density at radius 3 is 2.76 bits per heavy atom. The quantitative estimate of drug-likeness (QED) is 0.948. The van der Waals surface area contributed by atoms with Gasteiger partial charge in [-0.25, -0.2) is 4.98 Å². The van der Waals surface area contributed by atoms with E-state index >= 15 is 0 Å². The molecule has 2 aromatic rings. The molecule has 6 heteroatoms. The predicted molar refractivity (Wildman–Crippen MR) is 82.7 cm³/mol. The van der Waals surface area contributed by atoms with Crippen molar-refractivity contribution >= 4 is 28.1 Å². The second-order valence-corrected chi connectivity index (χ2v) is 6.06. The molecule has 0 fully saturated rings. The summed E-state index contributed by atoms with van der Waals surface area (Å²) in [5.41, 5.74) is 2.71. The molecule has 21 heavy (non-hydrogen) atoms. The molecule has 5 nitrogen and oxygen atoms in total. The Morgan fingerprint density at radius 1 is 1.33 bits per heavy atom. The molecule has 0 unspecified atom stereocenters. The van der Waals surface area contributed by atoms with Crippen molar-refractivity contribution in [3.8, 4) is 0 Å². The molecule has 108 valence electrons. The smallest absolute Gasteiger partial charge is 0.270 e. The minimum atomic E-state index is -0.593. The van der Waals surface area contributed by atoms with Crippen molar-refractivity contribution in [2.75, 3.05) is 5.32 Å². The van der Waals surface area contributed by atoms with Crippen LogP contribution in [0.1, 0.15) is 22.6 Å². The van der Waals surface area contributed by atoms with Crippen molar-refractivity contribution < 1.29 is 9.63 Å². The molecule has 0 saturated heterocycles. The molecular formula is C15H15N3O2S. The van der Waals surface area contributed by atoms with Crippen LogP contribution in [0.25, 0.3) is 0 Å². The summed E-state index contributed by atoms with van der Waals surface area (Å²) >= 11 is 1.46. The summed E-state index contributed by atoms with van der Waals surface area (Å²) in [5, 5.41) is 7.40. The summed E-state index contributed by atoms with van der Waals surface area (Å²) in [6.07, 6.45) is -0.121. The van der Waals surface area contributed by atoms with E-state index < -0.39 is 6.10 Å². The Kier molecular flexibility index (Phi) is 3.70. The van der Waals surface area contributed by atoms with Gasteiger partial charge in [0.1, 0.15) is 0 Å². The summed E-state index contributed by atoms with van der Waals surface area (Å²) in [6, 6.07) is 9.72. The molecule has 1 aliphatic rings. The van der Waals surface area contributed by atoms with Crippen LogP contribution in [-0.4, -0.2) is 22.7 Å². The first-order chi connectivity index (χ1) is 10.1. The van der Waals surface area contributed by atoms with Gasteiger partial charge >= 0.3 is 0 Å². The number of aromatic nitrogens is 1. The van der Waals surface area contributed by atoms with Gasteiger partial charge in [0.15, 0.2) is 5.13 Å². The van der Waals surface area contributed by atoms with E-state index in [1.165, 1.54) is 11.3 Å². The Bertz CT molecular complexity index is 675. The molecule has 1 aromatic carbocycles. The number of nitrogens with one attached hydrogen (secondary N) is 1. The first kappa shape index (κ1) is 13.8. The van der Waals surface area contributed by atoms with Crippen LogP contribution in [-0.2, 0) is 9.63 Å². The number of aryl methyl sites for hydroxylation is 2. The molecule has 2 heterocycles. The van der Waals surface area contributed by atoms with Crippen molar-refractivity contribution in [2.24, 2.45) is 5.16 Å². The zero-order valence-corrected chi connectivity index (χ0v) is 12.6. The number of hydrogen-bond acceptors (Lipinski definition) is 5. The SMILES string of the molecule is Cc1nc(NC(=O)[C@@H]2CC(c3ccccc3)=NO2)sc1C. The van der Waals surface area contributed by atoms with Gasteiger partial charge in [0.25, 0.3) is 5.91 Å². The van der Waals surface area contributed by atoms with Crippen molar-refractivity contribution in [3.05, 3.63) is 46.5 Å². The fourth-order valence-electron chi connectivity index (χ4n) is 2.03. The van der Waals surface area contributed by atoms with Crippen LogP contribution in [0.5, 0.6) is 0 Å². The van der Waals surface area contributed by atoms with E-state index in [0.717, 1.165) is 21.8 Å². The van der Waals surface area contributed by atoms with Crippen molar-refractivity contribution in [3.63, 3.8) is 0 Å². The van der Waals surface area contributed by atoms with E-state index in [9.17, 15) is 4.79 Å². The predicted octanol–water partition coefficient (Wildman–Crippen LogP) is 2.89. The molecule has 1 aliphatic heterocycles. The highest BCUT2D eigenvalue weighted by molar-refractivity contribution is 7.15. The van der Waals surface area contributed by atoms with Gasteiger partial charge in [-0.3, -0.25) is 10.1 Å². The molecule has 0 spiro atoms. The van der Waals surface area contributed by atoms with E-state index in [1.54, 1.807) is 0 Å². The maximum atomic E-state index is 12.2. The minimum absolute atomic E-state index is 0.210. The van der Waals surface area contributed by atoms with Gasteiger partial charge in [-0.1, -0.05) is 35.5 Å². The van der Waals surface area contributed by atoms with E-state index in [1.807, 2.05) is 44.2 Å². The third-order valence-electron chi connectivity index (χ3n) is 3.33. The minimum Gasteiger partial charge on any atom is -0.382 e. The van der Waals surface area contributed by atoms with E-state index in [0.29, 0.717) is 11.6 Å². The summed E-state index contributed by atoms with van der Waals surface area (Å²) in [7, 11) is 0. The van der Waals surface area contributed by atoms with Crippen LogP contribution >= 0.6 is 11.3 Å². The van der Waals surface area contributed by atoms with E-state index in [-0.39, 0.29) is 5.91 Å². The summed E-state index contributed by atoms with van der Waals surface area (Å²) < 4.78 is 0. The second kappa shape index (κ2) is 5.65. The first-order valence-corrected chi connectivity index (χ1v) is 7.48. The lowest BCUT2D eigenvalue weighted by atomic mass is 10.1. The lowest BCUT2D eigenvalue weighted by Crippen LogP contribution is -2.28. The first-order valence-electron chi connectivity index (χ1n) is 6.66. The van der Waals surface area contributed by atoms with E-state index in [2.05, 4.69) is 15.5 Å².